The second-order valence-electron chi connectivity index (χ2n) is 6.46. The first-order chi connectivity index (χ1) is 11.1. The van der Waals surface area contributed by atoms with Crippen LogP contribution in [0.1, 0.15) is 44.1 Å². The van der Waals surface area contributed by atoms with E-state index in [1.165, 1.54) is 25.1 Å². The number of carboxylic acids is 1. The van der Waals surface area contributed by atoms with Gasteiger partial charge in [-0.1, -0.05) is 12.8 Å². The first-order valence-corrected chi connectivity index (χ1v) is 9.15. The molecule has 1 amide bonds. The third-order valence-electron chi connectivity index (χ3n) is 4.46. The summed E-state index contributed by atoms with van der Waals surface area (Å²) in [6, 6.07) is 4.08. The molecule has 0 bridgehead atoms. The van der Waals surface area contributed by atoms with E-state index in [-0.39, 0.29) is 23.6 Å². The van der Waals surface area contributed by atoms with Crippen molar-refractivity contribution in [1.29, 1.82) is 0 Å². The number of carbonyl (C=O) groups is 2. The van der Waals surface area contributed by atoms with Crippen LogP contribution in [0.25, 0.3) is 0 Å². The number of carbonyl (C=O) groups excluding carboxylic acids is 1. The van der Waals surface area contributed by atoms with Gasteiger partial charge in [-0.3, -0.25) is 14.1 Å². The number of nitrogens with one attached hydrogen (secondary N) is 1. The van der Waals surface area contributed by atoms with Crippen molar-refractivity contribution in [2.24, 2.45) is 5.41 Å². The Morgan fingerprint density at radius 2 is 1.83 bits per heavy atom. The summed E-state index contributed by atoms with van der Waals surface area (Å²) < 4.78 is 31.4. The van der Waals surface area contributed by atoms with Crippen LogP contribution in [-0.4, -0.2) is 30.0 Å². The van der Waals surface area contributed by atoms with E-state index in [4.69, 9.17) is 9.66 Å². The van der Waals surface area contributed by atoms with Crippen molar-refractivity contribution in [3.05, 3.63) is 23.8 Å². The Bertz CT molecular complexity index is 750. The van der Waals surface area contributed by atoms with Crippen molar-refractivity contribution in [3.8, 4) is 0 Å². The van der Waals surface area contributed by atoms with Gasteiger partial charge in [-0.25, -0.2) is 0 Å². The lowest BCUT2D eigenvalue weighted by atomic mass is 9.79. The molecule has 8 heteroatoms. The number of amides is 1. The van der Waals surface area contributed by atoms with Crippen LogP contribution in [0.3, 0.4) is 0 Å². The summed E-state index contributed by atoms with van der Waals surface area (Å²) in [5.74, 6) is -1.20. The molecule has 0 aromatic heterocycles. The largest absolute Gasteiger partial charge is 0.481 e. The second kappa shape index (κ2) is 6.90. The van der Waals surface area contributed by atoms with Crippen LogP contribution in [0.5, 0.6) is 0 Å². The molecule has 1 fully saturated rings. The molecule has 1 aromatic rings. The Labute approximate surface area is 140 Å². The van der Waals surface area contributed by atoms with E-state index in [0.717, 1.165) is 12.8 Å². The lowest BCUT2D eigenvalue weighted by Gasteiger charge is -2.26. The molecule has 0 aliphatic heterocycles. The Hall–Kier alpha value is -1.93. The molecule has 1 aromatic carbocycles. The summed E-state index contributed by atoms with van der Waals surface area (Å²) >= 11 is 0. The summed E-state index contributed by atoms with van der Waals surface area (Å²) in [6.07, 6.45) is 3.37. The smallest absolute Gasteiger partial charge is 0.303 e. The predicted molar refractivity (Wildman–Crippen MR) is 87.4 cm³/mol. The number of aryl methyl sites for hydroxylation is 1. The molecular formula is C16H21NO6S. The monoisotopic (exact) mass is 355 g/mol. The normalized spacial score (nSPS) is 16.8. The number of hydrogen-bond donors (Lipinski definition) is 3. The molecule has 2 rings (SSSR count). The summed E-state index contributed by atoms with van der Waals surface area (Å²) in [4.78, 5) is 23.1. The maximum atomic E-state index is 12.3. The number of aliphatic carboxylic acids is 1. The third-order valence-corrected chi connectivity index (χ3v) is 5.48. The van der Waals surface area contributed by atoms with E-state index < -0.39 is 21.5 Å². The molecule has 24 heavy (non-hydrogen) atoms. The van der Waals surface area contributed by atoms with Crippen LogP contribution in [0.2, 0.25) is 0 Å². The Morgan fingerprint density at radius 3 is 2.33 bits per heavy atom. The molecule has 0 heterocycles. The van der Waals surface area contributed by atoms with Crippen molar-refractivity contribution < 1.29 is 27.7 Å². The lowest BCUT2D eigenvalue weighted by molar-refractivity contribution is -0.140. The average molecular weight is 355 g/mol. The Kier molecular flexibility index (Phi) is 5.29. The number of benzene rings is 1. The predicted octanol–water partition coefficient (Wildman–Crippen LogP) is 2.61. The molecule has 1 aliphatic rings. The molecule has 7 nitrogen and oxygen atoms in total. The number of carboxylic acid groups (broad SMARTS) is 1. The minimum Gasteiger partial charge on any atom is -0.481 e. The maximum Gasteiger partial charge on any atom is 0.303 e. The van der Waals surface area contributed by atoms with Crippen molar-refractivity contribution in [2.75, 3.05) is 5.32 Å². The highest BCUT2D eigenvalue weighted by molar-refractivity contribution is 7.85. The van der Waals surface area contributed by atoms with Crippen molar-refractivity contribution >= 4 is 27.7 Å². The molecule has 0 radical (unpaired) electrons. The second-order valence-corrected chi connectivity index (χ2v) is 7.85. The van der Waals surface area contributed by atoms with Gasteiger partial charge in [0.1, 0.15) is 0 Å². The first-order valence-electron chi connectivity index (χ1n) is 7.71. The molecule has 1 saturated carbocycles. The minimum atomic E-state index is -4.30. The quantitative estimate of drug-likeness (QED) is 0.675. The van der Waals surface area contributed by atoms with Gasteiger partial charge in [-0.15, -0.1) is 0 Å². The highest BCUT2D eigenvalue weighted by Gasteiger charge is 2.38. The fourth-order valence-electron chi connectivity index (χ4n) is 3.42. The zero-order valence-corrected chi connectivity index (χ0v) is 14.2. The molecule has 0 spiro atoms. The highest BCUT2D eigenvalue weighted by Crippen LogP contribution is 2.44. The fraction of sp³-hybridized carbons (Fsp3) is 0.500. The third kappa shape index (κ3) is 4.55. The van der Waals surface area contributed by atoms with Crippen LogP contribution in [0.4, 0.5) is 5.69 Å². The maximum absolute atomic E-state index is 12.3. The first kappa shape index (κ1) is 18.4. The van der Waals surface area contributed by atoms with Gasteiger partial charge >= 0.3 is 5.97 Å². The van der Waals surface area contributed by atoms with E-state index in [9.17, 15) is 18.0 Å². The molecule has 0 atom stereocenters. The van der Waals surface area contributed by atoms with Crippen LogP contribution in [0.15, 0.2) is 23.1 Å². The van der Waals surface area contributed by atoms with Gasteiger partial charge in [-0.05, 0) is 48.9 Å². The summed E-state index contributed by atoms with van der Waals surface area (Å²) in [7, 11) is -4.30. The van der Waals surface area contributed by atoms with E-state index >= 15 is 0 Å². The Morgan fingerprint density at radius 1 is 1.21 bits per heavy atom. The van der Waals surface area contributed by atoms with Gasteiger partial charge in [0, 0.05) is 12.1 Å². The van der Waals surface area contributed by atoms with Crippen LogP contribution in [-0.2, 0) is 19.7 Å². The zero-order valence-electron chi connectivity index (χ0n) is 13.4. The molecule has 132 valence electrons. The van der Waals surface area contributed by atoms with E-state index in [1.807, 2.05) is 0 Å². The summed E-state index contributed by atoms with van der Waals surface area (Å²) in [5.41, 5.74) is 0.226. The number of anilines is 1. The van der Waals surface area contributed by atoms with Gasteiger partial charge in [-0.2, -0.15) is 8.42 Å². The highest BCUT2D eigenvalue weighted by atomic mass is 32.2. The van der Waals surface area contributed by atoms with Crippen molar-refractivity contribution in [1.82, 2.24) is 0 Å². The SMILES string of the molecule is Cc1cc(NC(=O)CC2(CC(=O)O)CCCC2)ccc1S(=O)(=O)O. The van der Waals surface area contributed by atoms with Crippen molar-refractivity contribution in [3.63, 3.8) is 0 Å². The van der Waals surface area contributed by atoms with Gasteiger partial charge < -0.3 is 10.4 Å². The molecular weight excluding hydrogens is 334 g/mol. The number of hydrogen-bond acceptors (Lipinski definition) is 4. The van der Waals surface area contributed by atoms with Gasteiger partial charge in [0.2, 0.25) is 5.91 Å². The summed E-state index contributed by atoms with van der Waals surface area (Å²) in [5, 5.41) is 11.8. The lowest BCUT2D eigenvalue weighted by Crippen LogP contribution is -2.27. The van der Waals surface area contributed by atoms with Crippen LogP contribution >= 0.6 is 0 Å². The van der Waals surface area contributed by atoms with Gasteiger partial charge in [0.15, 0.2) is 0 Å². The molecule has 3 N–H and O–H groups in total. The standard InChI is InChI=1S/C16H21NO6S/c1-11-8-12(4-5-13(11)24(21,22)23)17-14(18)9-16(10-15(19)20)6-2-3-7-16/h4-5,8H,2-3,6-7,9-10H2,1H3,(H,17,18)(H,19,20)(H,21,22,23). The topological polar surface area (TPSA) is 121 Å². The fourth-order valence-corrected chi connectivity index (χ4v) is 4.13. The molecule has 0 unspecified atom stereocenters. The van der Waals surface area contributed by atoms with Gasteiger partial charge in [0.25, 0.3) is 10.1 Å². The average Bonchev–Trinajstić information content (AvgIpc) is 2.83. The number of rotatable bonds is 6. The Balaban J connectivity index is 2.09. The van der Waals surface area contributed by atoms with Crippen LogP contribution < -0.4 is 5.32 Å². The van der Waals surface area contributed by atoms with E-state index in [0.29, 0.717) is 24.1 Å². The molecule has 0 saturated heterocycles. The minimum absolute atomic E-state index is 0.0266. The van der Waals surface area contributed by atoms with E-state index in [1.54, 1.807) is 0 Å². The van der Waals surface area contributed by atoms with E-state index in [2.05, 4.69) is 5.32 Å². The zero-order chi connectivity index (χ0) is 18.0. The molecule has 1 aliphatic carbocycles. The van der Waals surface area contributed by atoms with Crippen molar-refractivity contribution in [2.45, 2.75) is 50.3 Å². The van der Waals surface area contributed by atoms with Gasteiger partial charge in [0.05, 0.1) is 11.3 Å². The summed E-state index contributed by atoms with van der Waals surface area (Å²) in [6.45, 7) is 1.52. The van der Waals surface area contributed by atoms with Crippen LogP contribution in [0, 0.1) is 12.3 Å².